The van der Waals surface area contributed by atoms with Crippen molar-refractivity contribution < 1.29 is 13.2 Å². The quantitative estimate of drug-likeness (QED) is 0.817. The molecule has 2 rings (SSSR count). The lowest BCUT2D eigenvalue weighted by atomic mass is 10.1. The van der Waals surface area contributed by atoms with E-state index in [9.17, 15) is 8.42 Å². The van der Waals surface area contributed by atoms with Crippen molar-refractivity contribution in [2.75, 3.05) is 25.2 Å². The highest BCUT2D eigenvalue weighted by Gasteiger charge is 2.25. The number of hydrogen-bond donors (Lipinski definition) is 2. The Hall–Kier alpha value is -0.760. The average Bonchev–Trinajstić information content (AvgIpc) is 2.91. The standard InChI is InChI=1S/C13H20N2O3S2/c1-18-12-2-3-13(10(8-12)4-6-14)20(16,17)15-11-5-7-19-9-11/h2-3,8,11,15H,4-7,9,14H2,1H3. The molecule has 0 radical (unpaired) electrons. The van der Waals surface area contributed by atoms with Gasteiger partial charge in [-0.05, 0) is 48.9 Å². The second-order valence-electron chi connectivity index (χ2n) is 4.69. The van der Waals surface area contributed by atoms with Gasteiger partial charge in [-0.2, -0.15) is 11.8 Å². The van der Waals surface area contributed by atoms with Crippen LogP contribution in [-0.2, 0) is 16.4 Å². The van der Waals surface area contributed by atoms with E-state index >= 15 is 0 Å². The molecule has 3 N–H and O–H groups in total. The second kappa shape index (κ2) is 6.80. The number of nitrogens with two attached hydrogens (primary N) is 1. The zero-order chi connectivity index (χ0) is 14.6. The van der Waals surface area contributed by atoms with Gasteiger partial charge in [-0.3, -0.25) is 0 Å². The second-order valence-corrected chi connectivity index (χ2v) is 7.53. The van der Waals surface area contributed by atoms with E-state index in [1.54, 1.807) is 37.1 Å². The van der Waals surface area contributed by atoms with Gasteiger partial charge in [-0.25, -0.2) is 13.1 Å². The van der Waals surface area contributed by atoms with Gasteiger partial charge in [0.1, 0.15) is 5.75 Å². The summed E-state index contributed by atoms with van der Waals surface area (Å²) in [5, 5.41) is 0. The van der Waals surface area contributed by atoms with Crippen LogP contribution in [0, 0.1) is 0 Å². The molecule has 0 bridgehead atoms. The molecule has 1 heterocycles. The van der Waals surface area contributed by atoms with Crippen LogP contribution in [0.15, 0.2) is 23.1 Å². The Morgan fingerprint density at radius 2 is 2.30 bits per heavy atom. The third-order valence-electron chi connectivity index (χ3n) is 3.22. The summed E-state index contributed by atoms with van der Waals surface area (Å²) in [7, 11) is -1.94. The van der Waals surface area contributed by atoms with E-state index in [1.807, 2.05) is 0 Å². The average molecular weight is 316 g/mol. The fraction of sp³-hybridized carbons (Fsp3) is 0.538. The minimum atomic E-state index is -3.50. The predicted octanol–water partition coefficient (Wildman–Crippen LogP) is 0.980. The number of nitrogens with one attached hydrogen (secondary N) is 1. The molecule has 7 heteroatoms. The van der Waals surface area contributed by atoms with Gasteiger partial charge >= 0.3 is 0 Å². The lowest BCUT2D eigenvalue weighted by Gasteiger charge is -2.15. The van der Waals surface area contributed by atoms with E-state index in [0.717, 1.165) is 17.9 Å². The number of ether oxygens (including phenoxy) is 1. The van der Waals surface area contributed by atoms with Gasteiger partial charge in [0, 0.05) is 11.8 Å². The number of hydrogen-bond acceptors (Lipinski definition) is 5. The first-order chi connectivity index (χ1) is 9.56. The maximum Gasteiger partial charge on any atom is 0.241 e. The molecule has 0 aliphatic carbocycles. The molecular formula is C13H20N2O3S2. The topological polar surface area (TPSA) is 81.4 Å². The minimum absolute atomic E-state index is 0.0258. The third kappa shape index (κ3) is 3.66. The van der Waals surface area contributed by atoms with Crippen LogP contribution in [-0.4, -0.2) is 39.6 Å². The first-order valence-electron chi connectivity index (χ1n) is 6.54. The minimum Gasteiger partial charge on any atom is -0.497 e. The van der Waals surface area contributed by atoms with Gasteiger partial charge < -0.3 is 10.5 Å². The SMILES string of the molecule is COc1ccc(S(=O)(=O)NC2CCSC2)c(CCN)c1. The summed E-state index contributed by atoms with van der Waals surface area (Å²) < 4.78 is 32.9. The third-order valence-corrected chi connectivity index (χ3v) is 6.01. The van der Waals surface area contributed by atoms with Crippen LogP contribution in [0.1, 0.15) is 12.0 Å². The molecular weight excluding hydrogens is 296 g/mol. The molecule has 1 atom stereocenters. The summed E-state index contributed by atoms with van der Waals surface area (Å²) in [6.45, 7) is 0.398. The summed E-state index contributed by atoms with van der Waals surface area (Å²) >= 11 is 1.77. The molecule has 112 valence electrons. The Kier molecular flexibility index (Phi) is 5.31. The number of sulfonamides is 1. The van der Waals surface area contributed by atoms with Crippen molar-refractivity contribution in [3.05, 3.63) is 23.8 Å². The molecule has 0 aromatic heterocycles. The molecule has 0 spiro atoms. The molecule has 1 aliphatic heterocycles. The van der Waals surface area contributed by atoms with Crippen molar-refractivity contribution in [3.8, 4) is 5.75 Å². The molecule has 1 unspecified atom stereocenters. The molecule has 1 aromatic carbocycles. The lowest BCUT2D eigenvalue weighted by molar-refractivity contribution is 0.413. The van der Waals surface area contributed by atoms with Crippen LogP contribution in [0.2, 0.25) is 0 Å². The van der Waals surface area contributed by atoms with E-state index in [-0.39, 0.29) is 6.04 Å². The molecule has 0 saturated carbocycles. The summed E-state index contributed by atoms with van der Waals surface area (Å²) in [6.07, 6.45) is 1.39. The van der Waals surface area contributed by atoms with Crippen molar-refractivity contribution in [1.29, 1.82) is 0 Å². The number of rotatable bonds is 6. The van der Waals surface area contributed by atoms with E-state index in [4.69, 9.17) is 10.5 Å². The largest absolute Gasteiger partial charge is 0.497 e. The Labute approximate surface area is 124 Å². The fourth-order valence-corrected chi connectivity index (χ4v) is 4.98. The van der Waals surface area contributed by atoms with Crippen LogP contribution in [0.3, 0.4) is 0 Å². The monoisotopic (exact) mass is 316 g/mol. The Bertz CT molecular complexity index is 555. The number of methoxy groups -OCH3 is 1. The van der Waals surface area contributed by atoms with E-state index in [0.29, 0.717) is 29.2 Å². The van der Waals surface area contributed by atoms with Crippen LogP contribution in [0.5, 0.6) is 5.75 Å². The lowest BCUT2D eigenvalue weighted by Crippen LogP contribution is -2.35. The normalized spacial score (nSPS) is 19.2. The molecule has 5 nitrogen and oxygen atoms in total. The Morgan fingerprint density at radius 3 is 2.90 bits per heavy atom. The molecule has 20 heavy (non-hydrogen) atoms. The highest BCUT2D eigenvalue weighted by molar-refractivity contribution is 7.99. The van der Waals surface area contributed by atoms with Gasteiger partial charge in [0.2, 0.25) is 10.0 Å². The Balaban J connectivity index is 2.29. The first kappa shape index (κ1) is 15.6. The van der Waals surface area contributed by atoms with E-state index in [1.165, 1.54) is 0 Å². The molecule has 1 fully saturated rings. The van der Waals surface area contributed by atoms with Crippen LogP contribution in [0.4, 0.5) is 0 Å². The highest BCUT2D eigenvalue weighted by atomic mass is 32.2. The van der Waals surface area contributed by atoms with E-state index in [2.05, 4.69) is 4.72 Å². The number of benzene rings is 1. The highest BCUT2D eigenvalue weighted by Crippen LogP contribution is 2.24. The zero-order valence-electron chi connectivity index (χ0n) is 11.5. The molecule has 0 amide bonds. The van der Waals surface area contributed by atoms with Crippen LogP contribution in [0.25, 0.3) is 0 Å². The number of thioether (sulfide) groups is 1. The molecule has 1 saturated heterocycles. The summed E-state index contributed by atoms with van der Waals surface area (Å²) in [6, 6.07) is 5.02. The molecule has 1 aliphatic rings. The first-order valence-corrected chi connectivity index (χ1v) is 9.17. The Morgan fingerprint density at radius 1 is 1.50 bits per heavy atom. The summed E-state index contributed by atoms with van der Waals surface area (Å²) in [5.74, 6) is 2.48. The van der Waals surface area contributed by atoms with Gasteiger partial charge in [-0.15, -0.1) is 0 Å². The maximum atomic E-state index is 12.5. The van der Waals surface area contributed by atoms with Gasteiger partial charge in [0.15, 0.2) is 0 Å². The van der Waals surface area contributed by atoms with Crippen molar-refractivity contribution >= 4 is 21.8 Å². The van der Waals surface area contributed by atoms with Crippen molar-refractivity contribution in [3.63, 3.8) is 0 Å². The van der Waals surface area contributed by atoms with Gasteiger partial charge in [0.05, 0.1) is 12.0 Å². The van der Waals surface area contributed by atoms with Crippen molar-refractivity contribution in [1.82, 2.24) is 4.72 Å². The van der Waals surface area contributed by atoms with E-state index < -0.39 is 10.0 Å². The van der Waals surface area contributed by atoms with Crippen molar-refractivity contribution in [2.24, 2.45) is 5.73 Å². The van der Waals surface area contributed by atoms with Gasteiger partial charge in [-0.1, -0.05) is 0 Å². The smallest absolute Gasteiger partial charge is 0.241 e. The zero-order valence-corrected chi connectivity index (χ0v) is 13.1. The fourth-order valence-electron chi connectivity index (χ4n) is 2.21. The molecule has 1 aromatic rings. The maximum absolute atomic E-state index is 12.5. The van der Waals surface area contributed by atoms with Crippen LogP contribution < -0.4 is 15.2 Å². The summed E-state index contributed by atoms with van der Waals surface area (Å²) in [5.41, 5.74) is 6.27. The van der Waals surface area contributed by atoms with Gasteiger partial charge in [0.25, 0.3) is 0 Å². The van der Waals surface area contributed by atoms with Crippen LogP contribution >= 0.6 is 11.8 Å². The van der Waals surface area contributed by atoms with Crippen molar-refractivity contribution in [2.45, 2.75) is 23.8 Å². The summed E-state index contributed by atoms with van der Waals surface area (Å²) in [4.78, 5) is 0.306. The predicted molar refractivity (Wildman–Crippen MR) is 81.8 cm³/mol.